The number of carbonyl (C=O) groups excluding carboxylic acids is 1. The Morgan fingerprint density at radius 1 is 1.53 bits per heavy atom. The molecule has 0 aliphatic heterocycles. The Balaban J connectivity index is 2.45. The van der Waals surface area contributed by atoms with Gasteiger partial charge in [-0.2, -0.15) is 0 Å². The first-order chi connectivity index (χ1) is 7.06. The number of nitrogens with one attached hydrogen (secondary N) is 1. The minimum absolute atomic E-state index is 0.119. The van der Waals surface area contributed by atoms with E-state index in [4.69, 9.17) is 5.11 Å². The summed E-state index contributed by atoms with van der Waals surface area (Å²) in [6, 6.07) is -0.507. The van der Waals surface area contributed by atoms with Gasteiger partial charge in [0.05, 0.1) is 6.54 Å². The Kier molecular flexibility index (Phi) is 4.08. The topological polar surface area (TPSA) is 69.6 Å². The van der Waals surface area contributed by atoms with E-state index in [1.54, 1.807) is 11.9 Å². The molecule has 1 saturated carbocycles. The van der Waals surface area contributed by atoms with Crippen LogP contribution in [-0.4, -0.2) is 48.1 Å². The largest absolute Gasteiger partial charge is 0.480 e. The number of amides is 1. The SMILES string of the molecule is CCNC(=O)CN(C)C(C(=O)O)C1CC1. The van der Waals surface area contributed by atoms with Crippen molar-refractivity contribution in [2.24, 2.45) is 5.92 Å². The molecule has 0 saturated heterocycles. The van der Waals surface area contributed by atoms with Crippen LogP contribution in [0.1, 0.15) is 19.8 Å². The minimum Gasteiger partial charge on any atom is -0.480 e. The van der Waals surface area contributed by atoms with E-state index in [9.17, 15) is 9.59 Å². The predicted octanol–water partition coefficient (Wildman–Crippen LogP) is -0.0825. The third-order valence-electron chi connectivity index (χ3n) is 2.56. The molecule has 1 rings (SSSR count). The van der Waals surface area contributed by atoms with Crippen LogP contribution >= 0.6 is 0 Å². The lowest BCUT2D eigenvalue weighted by atomic mass is 10.1. The summed E-state index contributed by atoms with van der Waals surface area (Å²) in [7, 11) is 1.69. The predicted molar refractivity (Wildman–Crippen MR) is 55.5 cm³/mol. The molecule has 0 heterocycles. The smallest absolute Gasteiger partial charge is 0.321 e. The Labute approximate surface area is 89.4 Å². The van der Waals surface area contributed by atoms with Crippen LogP contribution in [0.3, 0.4) is 0 Å². The van der Waals surface area contributed by atoms with Crippen molar-refractivity contribution in [2.75, 3.05) is 20.1 Å². The molecule has 1 atom stereocenters. The van der Waals surface area contributed by atoms with E-state index in [2.05, 4.69) is 5.32 Å². The maximum absolute atomic E-state index is 11.3. The molecule has 0 aromatic carbocycles. The summed E-state index contributed by atoms with van der Waals surface area (Å²) in [5, 5.41) is 11.7. The van der Waals surface area contributed by atoms with Crippen molar-refractivity contribution in [1.82, 2.24) is 10.2 Å². The van der Waals surface area contributed by atoms with Gasteiger partial charge in [-0.05, 0) is 32.7 Å². The number of carbonyl (C=O) groups is 2. The van der Waals surface area contributed by atoms with Crippen molar-refractivity contribution in [3.8, 4) is 0 Å². The molecule has 15 heavy (non-hydrogen) atoms. The lowest BCUT2D eigenvalue weighted by Crippen LogP contribution is -2.45. The molecule has 0 bridgehead atoms. The van der Waals surface area contributed by atoms with Gasteiger partial charge in [0.1, 0.15) is 6.04 Å². The zero-order chi connectivity index (χ0) is 11.4. The molecule has 2 N–H and O–H groups in total. The van der Waals surface area contributed by atoms with Gasteiger partial charge in [0.2, 0.25) is 5.91 Å². The number of likely N-dealkylation sites (N-methyl/N-ethyl adjacent to an activating group) is 2. The summed E-state index contributed by atoms with van der Waals surface area (Å²) in [6.07, 6.45) is 1.91. The van der Waals surface area contributed by atoms with Crippen LogP contribution in [-0.2, 0) is 9.59 Å². The number of carboxylic acids is 1. The molecule has 1 unspecified atom stereocenters. The van der Waals surface area contributed by atoms with Gasteiger partial charge in [-0.1, -0.05) is 0 Å². The van der Waals surface area contributed by atoms with Crippen LogP contribution in [0.2, 0.25) is 0 Å². The molecule has 0 radical (unpaired) electrons. The van der Waals surface area contributed by atoms with Crippen molar-refractivity contribution < 1.29 is 14.7 Å². The molecule has 1 fully saturated rings. The Bertz CT molecular complexity index is 251. The molecule has 0 aromatic rings. The lowest BCUT2D eigenvalue weighted by molar-refractivity contribution is -0.144. The second-order valence-electron chi connectivity index (χ2n) is 3.99. The number of hydrogen-bond donors (Lipinski definition) is 2. The van der Waals surface area contributed by atoms with Crippen LogP contribution in [0.15, 0.2) is 0 Å². The molecule has 0 spiro atoms. The van der Waals surface area contributed by atoms with E-state index < -0.39 is 12.0 Å². The van der Waals surface area contributed by atoms with Gasteiger partial charge in [0.25, 0.3) is 0 Å². The number of aliphatic carboxylic acids is 1. The average Bonchev–Trinajstić information content (AvgIpc) is 2.87. The Morgan fingerprint density at radius 2 is 2.13 bits per heavy atom. The van der Waals surface area contributed by atoms with E-state index in [0.29, 0.717) is 6.54 Å². The second-order valence-corrected chi connectivity index (χ2v) is 3.99. The fraction of sp³-hybridized carbons (Fsp3) is 0.800. The van der Waals surface area contributed by atoms with E-state index >= 15 is 0 Å². The summed E-state index contributed by atoms with van der Waals surface area (Å²) in [6.45, 7) is 2.57. The lowest BCUT2D eigenvalue weighted by Gasteiger charge is -2.23. The molecular weight excluding hydrogens is 196 g/mol. The molecule has 1 amide bonds. The summed E-state index contributed by atoms with van der Waals surface area (Å²) < 4.78 is 0. The van der Waals surface area contributed by atoms with Gasteiger partial charge >= 0.3 is 5.97 Å². The first-order valence-electron chi connectivity index (χ1n) is 5.26. The van der Waals surface area contributed by atoms with Crippen molar-refractivity contribution in [3.05, 3.63) is 0 Å². The second kappa shape index (κ2) is 5.11. The van der Waals surface area contributed by atoms with Crippen LogP contribution in [0.5, 0.6) is 0 Å². The summed E-state index contributed by atoms with van der Waals surface area (Å²) in [4.78, 5) is 23.9. The van der Waals surface area contributed by atoms with E-state index in [1.807, 2.05) is 6.92 Å². The van der Waals surface area contributed by atoms with Crippen molar-refractivity contribution in [2.45, 2.75) is 25.8 Å². The maximum Gasteiger partial charge on any atom is 0.321 e. The fourth-order valence-corrected chi connectivity index (χ4v) is 1.74. The van der Waals surface area contributed by atoms with Gasteiger partial charge in [-0.3, -0.25) is 14.5 Å². The normalized spacial score (nSPS) is 17.5. The van der Waals surface area contributed by atoms with Gasteiger partial charge in [-0.15, -0.1) is 0 Å². The molecule has 0 aromatic heterocycles. The van der Waals surface area contributed by atoms with Gasteiger partial charge in [0, 0.05) is 6.54 Å². The third-order valence-corrected chi connectivity index (χ3v) is 2.56. The summed E-state index contributed by atoms with van der Waals surface area (Å²) in [5.74, 6) is -0.724. The number of carboxylic acid groups (broad SMARTS) is 1. The monoisotopic (exact) mass is 214 g/mol. The third kappa shape index (κ3) is 3.51. The number of nitrogens with zero attached hydrogens (tertiary/aromatic N) is 1. The van der Waals surface area contributed by atoms with Crippen LogP contribution in [0, 0.1) is 5.92 Å². The fourth-order valence-electron chi connectivity index (χ4n) is 1.74. The minimum atomic E-state index is -0.829. The zero-order valence-corrected chi connectivity index (χ0v) is 9.19. The quantitative estimate of drug-likeness (QED) is 0.648. The molecule has 5 nitrogen and oxygen atoms in total. The Morgan fingerprint density at radius 3 is 2.53 bits per heavy atom. The maximum atomic E-state index is 11.3. The van der Waals surface area contributed by atoms with Gasteiger partial charge < -0.3 is 10.4 Å². The highest BCUT2D eigenvalue weighted by molar-refractivity contribution is 5.80. The molecular formula is C10H18N2O3. The van der Waals surface area contributed by atoms with Crippen molar-refractivity contribution in [3.63, 3.8) is 0 Å². The highest BCUT2D eigenvalue weighted by atomic mass is 16.4. The first-order valence-corrected chi connectivity index (χ1v) is 5.26. The zero-order valence-electron chi connectivity index (χ0n) is 9.19. The first kappa shape index (κ1) is 12.0. The van der Waals surface area contributed by atoms with E-state index in [1.165, 1.54) is 0 Å². The standard InChI is InChI=1S/C10H18N2O3/c1-3-11-8(13)6-12(2)9(10(14)15)7-4-5-7/h7,9H,3-6H2,1-2H3,(H,11,13)(H,14,15). The van der Waals surface area contributed by atoms with Crippen molar-refractivity contribution >= 4 is 11.9 Å². The number of hydrogen-bond acceptors (Lipinski definition) is 3. The average molecular weight is 214 g/mol. The van der Waals surface area contributed by atoms with E-state index in [-0.39, 0.29) is 18.4 Å². The van der Waals surface area contributed by atoms with Crippen LogP contribution in [0.4, 0.5) is 0 Å². The molecule has 1 aliphatic carbocycles. The summed E-state index contributed by atoms with van der Waals surface area (Å²) >= 11 is 0. The van der Waals surface area contributed by atoms with Crippen LogP contribution < -0.4 is 5.32 Å². The van der Waals surface area contributed by atoms with Crippen LogP contribution in [0.25, 0.3) is 0 Å². The highest BCUT2D eigenvalue weighted by Gasteiger charge is 2.39. The molecule has 86 valence electrons. The van der Waals surface area contributed by atoms with E-state index in [0.717, 1.165) is 12.8 Å². The Hall–Kier alpha value is -1.10. The molecule has 1 aliphatic rings. The summed E-state index contributed by atoms with van der Waals surface area (Å²) in [5.41, 5.74) is 0. The number of rotatable bonds is 6. The van der Waals surface area contributed by atoms with Gasteiger partial charge in [0.15, 0.2) is 0 Å². The van der Waals surface area contributed by atoms with Gasteiger partial charge in [-0.25, -0.2) is 0 Å². The molecule has 5 heteroatoms. The van der Waals surface area contributed by atoms with Crippen molar-refractivity contribution in [1.29, 1.82) is 0 Å². The highest BCUT2D eigenvalue weighted by Crippen LogP contribution is 2.34.